The molecule has 0 N–H and O–H groups in total. The van der Waals surface area contributed by atoms with Gasteiger partial charge in [0.2, 0.25) is 0 Å². The Labute approximate surface area is 147 Å². The second-order valence-corrected chi connectivity index (χ2v) is 5.95. The number of benzene rings is 3. The van der Waals surface area contributed by atoms with Crippen LogP contribution in [-0.2, 0) is 0 Å². The van der Waals surface area contributed by atoms with E-state index in [1.165, 1.54) is 11.1 Å². The smallest absolute Gasteiger partial charge is 0.161 e. The fourth-order valence-corrected chi connectivity index (χ4v) is 3.04. The van der Waals surface area contributed by atoms with Gasteiger partial charge in [-0.1, -0.05) is 60.1 Å². The lowest BCUT2D eigenvalue weighted by Gasteiger charge is -2.20. The summed E-state index contributed by atoms with van der Waals surface area (Å²) in [5, 5.41) is 0.734. The van der Waals surface area contributed by atoms with Crippen molar-refractivity contribution < 1.29 is 9.47 Å². The van der Waals surface area contributed by atoms with Crippen molar-refractivity contribution in [2.75, 3.05) is 14.2 Å². The van der Waals surface area contributed by atoms with E-state index >= 15 is 0 Å². The third-order valence-corrected chi connectivity index (χ3v) is 4.33. The van der Waals surface area contributed by atoms with E-state index in [-0.39, 0.29) is 5.92 Å². The van der Waals surface area contributed by atoms with Crippen molar-refractivity contribution in [3.8, 4) is 11.5 Å². The van der Waals surface area contributed by atoms with E-state index < -0.39 is 0 Å². The molecule has 0 spiro atoms. The molecule has 0 heterocycles. The maximum Gasteiger partial charge on any atom is 0.161 e. The van der Waals surface area contributed by atoms with Gasteiger partial charge in [0.15, 0.2) is 11.5 Å². The molecule has 0 bridgehead atoms. The van der Waals surface area contributed by atoms with Gasteiger partial charge in [-0.2, -0.15) is 0 Å². The predicted octanol–water partition coefficient (Wildman–Crippen LogP) is 5.54. The zero-order valence-electron chi connectivity index (χ0n) is 13.7. The van der Waals surface area contributed by atoms with Crippen LogP contribution in [-0.4, -0.2) is 14.2 Å². The second kappa shape index (κ2) is 7.41. The lowest BCUT2D eigenvalue weighted by atomic mass is 9.85. The summed E-state index contributed by atoms with van der Waals surface area (Å²) in [6.07, 6.45) is 0. The van der Waals surface area contributed by atoms with Crippen LogP contribution in [0.25, 0.3) is 0 Å². The van der Waals surface area contributed by atoms with Gasteiger partial charge in [0.05, 0.1) is 14.2 Å². The highest BCUT2D eigenvalue weighted by Gasteiger charge is 2.18. The van der Waals surface area contributed by atoms with Gasteiger partial charge in [0, 0.05) is 10.9 Å². The molecule has 0 fully saturated rings. The molecule has 0 aliphatic heterocycles. The van der Waals surface area contributed by atoms with Crippen molar-refractivity contribution in [3.05, 3.63) is 94.5 Å². The lowest BCUT2D eigenvalue weighted by Crippen LogP contribution is -2.04. The van der Waals surface area contributed by atoms with E-state index in [4.69, 9.17) is 21.1 Å². The lowest BCUT2D eigenvalue weighted by molar-refractivity contribution is 0.354. The molecule has 1 atom stereocenters. The molecule has 0 radical (unpaired) electrons. The van der Waals surface area contributed by atoms with Crippen molar-refractivity contribution in [2.45, 2.75) is 5.92 Å². The largest absolute Gasteiger partial charge is 0.493 e. The predicted molar refractivity (Wildman–Crippen MR) is 98.4 cm³/mol. The average molecular weight is 339 g/mol. The molecule has 1 unspecified atom stereocenters. The van der Waals surface area contributed by atoms with Crippen molar-refractivity contribution in [1.82, 2.24) is 0 Å². The van der Waals surface area contributed by atoms with Crippen molar-refractivity contribution in [1.29, 1.82) is 0 Å². The van der Waals surface area contributed by atoms with E-state index in [9.17, 15) is 0 Å². The minimum atomic E-state index is 0.100. The first kappa shape index (κ1) is 16.4. The van der Waals surface area contributed by atoms with Crippen LogP contribution >= 0.6 is 11.6 Å². The molecule has 0 saturated heterocycles. The highest BCUT2D eigenvalue weighted by atomic mass is 35.5. The summed E-state index contributed by atoms with van der Waals surface area (Å²) >= 11 is 6.06. The summed E-state index contributed by atoms with van der Waals surface area (Å²) < 4.78 is 10.8. The van der Waals surface area contributed by atoms with Gasteiger partial charge < -0.3 is 9.47 Å². The fourth-order valence-electron chi connectivity index (χ4n) is 2.91. The Hall–Kier alpha value is -2.45. The quantitative estimate of drug-likeness (QED) is 0.569. The van der Waals surface area contributed by atoms with E-state index in [1.807, 2.05) is 30.3 Å². The second-order valence-electron chi connectivity index (χ2n) is 5.51. The highest BCUT2D eigenvalue weighted by Crippen LogP contribution is 2.37. The van der Waals surface area contributed by atoms with Gasteiger partial charge in [-0.25, -0.2) is 0 Å². The molecule has 0 aromatic heterocycles. The number of hydrogen-bond donors (Lipinski definition) is 0. The van der Waals surface area contributed by atoms with Gasteiger partial charge in [0.1, 0.15) is 0 Å². The van der Waals surface area contributed by atoms with E-state index in [1.54, 1.807) is 14.2 Å². The normalized spacial score (nSPS) is 11.8. The van der Waals surface area contributed by atoms with E-state index in [0.717, 1.165) is 22.1 Å². The highest BCUT2D eigenvalue weighted by molar-refractivity contribution is 6.30. The standard InChI is InChI=1S/C21H19ClO2/c1-23-19-13-10-17(14-20(19)24-2)21(15-6-4-3-5-7-15)16-8-11-18(22)12-9-16/h3-14,21H,1-2H3. The zero-order valence-corrected chi connectivity index (χ0v) is 14.5. The number of halogens is 1. The minimum Gasteiger partial charge on any atom is -0.493 e. The summed E-state index contributed by atoms with van der Waals surface area (Å²) in [6.45, 7) is 0. The van der Waals surface area contributed by atoms with E-state index in [0.29, 0.717) is 0 Å². The monoisotopic (exact) mass is 338 g/mol. The van der Waals surface area contributed by atoms with Gasteiger partial charge >= 0.3 is 0 Å². The Morgan fingerprint density at radius 2 is 1.25 bits per heavy atom. The zero-order chi connectivity index (χ0) is 16.9. The topological polar surface area (TPSA) is 18.5 Å². The molecule has 0 aliphatic rings. The van der Waals surface area contributed by atoms with Gasteiger partial charge in [-0.05, 0) is 41.0 Å². The number of hydrogen-bond acceptors (Lipinski definition) is 2. The van der Waals surface area contributed by atoms with Crippen LogP contribution in [0, 0.1) is 0 Å². The van der Waals surface area contributed by atoms with Crippen molar-refractivity contribution >= 4 is 11.6 Å². The van der Waals surface area contributed by atoms with Crippen LogP contribution in [0.4, 0.5) is 0 Å². The van der Waals surface area contributed by atoms with Crippen LogP contribution in [0.3, 0.4) is 0 Å². The molecular weight excluding hydrogens is 320 g/mol. The number of rotatable bonds is 5. The minimum absolute atomic E-state index is 0.100. The molecule has 2 nitrogen and oxygen atoms in total. The third-order valence-electron chi connectivity index (χ3n) is 4.08. The first-order chi connectivity index (χ1) is 11.7. The van der Waals surface area contributed by atoms with Gasteiger partial charge in [0.25, 0.3) is 0 Å². The van der Waals surface area contributed by atoms with Crippen molar-refractivity contribution in [3.63, 3.8) is 0 Å². The van der Waals surface area contributed by atoms with E-state index in [2.05, 4.69) is 42.5 Å². The van der Waals surface area contributed by atoms with Crippen LogP contribution in [0.1, 0.15) is 22.6 Å². The summed E-state index contributed by atoms with van der Waals surface area (Å²) in [5.74, 6) is 1.55. The summed E-state index contributed by atoms with van der Waals surface area (Å²) in [4.78, 5) is 0. The third kappa shape index (κ3) is 3.39. The van der Waals surface area contributed by atoms with Crippen molar-refractivity contribution in [2.24, 2.45) is 0 Å². The SMILES string of the molecule is COc1ccc(C(c2ccccc2)c2ccc(Cl)cc2)cc1OC. The summed E-state index contributed by atoms with van der Waals surface area (Å²) in [6, 6.07) is 24.4. The fraction of sp³-hybridized carbons (Fsp3) is 0.143. The molecule has 122 valence electrons. The number of methoxy groups -OCH3 is 2. The Morgan fingerprint density at radius 1 is 0.667 bits per heavy atom. The molecule has 0 saturated carbocycles. The van der Waals surface area contributed by atoms with Crippen LogP contribution in [0.2, 0.25) is 5.02 Å². The molecule has 0 aliphatic carbocycles. The summed E-state index contributed by atoms with van der Waals surface area (Å²) in [5.41, 5.74) is 3.53. The first-order valence-electron chi connectivity index (χ1n) is 7.75. The Morgan fingerprint density at radius 3 is 1.88 bits per heavy atom. The Kier molecular flexibility index (Phi) is 5.07. The Bertz CT molecular complexity index is 798. The van der Waals surface area contributed by atoms with Crippen LogP contribution in [0.15, 0.2) is 72.8 Å². The molecule has 3 heteroatoms. The maximum atomic E-state index is 6.06. The number of ether oxygens (including phenoxy) is 2. The molecule has 0 amide bonds. The molecule has 3 aromatic rings. The summed E-state index contributed by atoms with van der Waals surface area (Å²) in [7, 11) is 3.30. The molecular formula is C21H19ClO2. The van der Waals surface area contributed by atoms with Crippen LogP contribution < -0.4 is 9.47 Å². The van der Waals surface area contributed by atoms with Gasteiger partial charge in [-0.3, -0.25) is 0 Å². The molecule has 24 heavy (non-hydrogen) atoms. The maximum absolute atomic E-state index is 6.06. The molecule has 3 aromatic carbocycles. The Balaban J connectivity index is 2.13. The van der Waals surface area contributed by atoms with Gasteiger partial charge in [-0.15, -0.1) is 0 Å². The first-order valence-corrected chi connectivity index (χ1v) is 8.13. The average Bonchev–Trinajstić information content (AvgIpc) is 2.64. The molecule has 3 rings (SSSR count). The van der Waals surface area contributed by atoms with Crippen LogP contribution in [0.5, 0.6) is 11.5 Å².